The molecule has 358 valence electrons. The van der Waals surface area contributed by atoms with E-state index in [4.69, 9.17) is 14.6 Å². The van der Waals surface area contributed by atoms with Gasteiger partial charge in [-0.1, -0.05) is 0 Å². The number of rotatable bonds is 30. The van der Waals surface area contributed by atoms with Gasteiger partial charge in [-0.25, -0.2) is 14.4 Å². The van der Waals surface area contributed by atoms with E-state index < -0.39 is 91.8 Å². The Kier molecular flexibility index (Phi) is 27.3. The molecule has 0 aliphatic carbocycles. The predicted octanol–water partition coefficient (Wildman–Crippen LogP) is -4.23. The van der Waals surface area contributed by atoms with Crippen LogP contribution in [-0.2, 0) is 52.6 Å². The van der Waals surface area contributed by atoms with E-state index in [1.165, 1.54) is 0 Å². The Morgan fingerprint density at radius 3 is 1.40 bits per heavy atom. The molecule has 27 heteroatoms. The summed E-state index contributed by atoms with van der Waals surface area (Å²) in [6.07, 6.45) is -0.952. The Hall–Kier alpha value is -5.74. The Labute approximate surface area is 361 Å². The highest BCUT2D eigenvalue weighted by molar-refractivity contribution is 5.86. The van der Waals surface area contributed by atoms with Gasteiger partial charge < -0.3 is 66.1 Å². The van der Waals surface area contributed by atoms with Crippen LogP contribution in [0.1, 0.15) is 32.1 Å². The van der Waals surface area contributed by atoms with Gasteiger partial charge in [-0.2, -0.15) is 0 Å². The Morgan fingerprint density at radius 1 is 0.524 bits per heavy atom. The van der Waals surface area contributed by atoms with Crippen LogP contribution in [0.4, 0.5) is 4.79 Å². The summed E-state index contributed by atoms with van der Waals surface area (Å²) in [4.78, 5) is 125. The number of nitrogens with one attached hydrogen (secondary N) is 3. The molecule has 1 saturated heterocycles. The first-order chi connectivity index (χ1) is 29.7. The smallest absolute Gasteiger partial charge is 0.326 e. The Balaban J connectivity index is 2.54. The van der Waals surface area contributed by atoms with Crippen LogP contribution in [0, 0.1) is 0 Å². The maximum atomic E-state index is 12.8. The van der Waals surface area contributed by atoms with Gasteiger partial charge in [-0.15, -0.1) is 0 Å². The van der Waals surface area contributed by atoms with Crippen molar-refractivity contribution < 1.29 is 93.2 Å². The number of carbonyl (C=O) groups excluding carboxylic acids is 3. The lowest BCUT2D eigenvalue weighted by Crippen LogP contribution is -2.51. The summed E-state index contributed by atoms with van der Waals surface area (Å²) in [7, 11) is 0. The van der Waals surface area contributed by atoms with Crippen molar-refractivity contribution in [3.63, 3.8) is 0 Å². The van der Waals surface area contributed by atoms with Crippen LogP contribution in [0.5, 0.6) is 0 Å². The largest absolute Gasteiger partial charge is 0.481 e. The van der Waals surface area contributed by atoms with Crippen LogP contribution >= 0.6 is 0 Å². The van der Waals surface area contributed by atoms with Gasteiger partial charge in [0.15, 0.2) is 0 Å². The minimum absolute atomic E-state index is 0.000842. The van der Waals surface area contributed by atoms with Crippen LogP contribution in [0.3, 0.4) is 0 Å². The predicted molar refractivity (Wildman–Crippen MR) is 213 cm³/mol. The van der Waals surface area contributed by atoms with Crippen molar-refractivity contribution in [1.82, 2.24) is 40.4 Å². The average molecular weight is 909 g/mol. The van der Waals surface area contributed by atoms with E-state index >= 15 is 0 Å². The molecule has 0 aromatic heterocycles. The first kappa shape index (κ1) is 55.3. The number of nitrogens with zero attached hydrogens (tertiary/aromatic N) is 5. The van der Waals surface area contributed by atoms with Crippen molar-refractivity contribution >= 4 is 59.6 Å². The molecular formula is C36H60N8O19. The van der Waals surface area contributed by atoms with Crippen LogP contribution in [-0.4, -0.2) is 257 Å². The van der Waals surface area contributed by atoms with Gasteiger partial charge in [0.05, 0.1) is 46.0 Å². The third-order valence-corrected chi connectivity index (χ3v) is 9.24. The molecule has 0 saturated carbocycles. The van der Waals surface area contributed by atoms with Gasteiger partial charge in [0, 0.05) is 71.9 Å². The second-order valence-electron chi connectivity index (χ2n) is 14.3. The van der Waals surface area contributed by atoms with E-state index in [-0.39, 0.29) is 137 Å². The standard InChI is InChI=1S/C36H60N8O19/c45-27(19-40-8-10-41(20-30(49)50)12-14-43(22-32(53)54)15-13-42(11-9-40)21-31(51)52)37-6-16-62-17-18-63-24-28(46)44(23-33(55)56)7-2-1-3-25(34(57)58)38-36(61)39-26(35(59)60)4-5-29(47)48/h25-26H,1-24H2,(H,37,45)(H,47,48)(H,49,50)(H,51,52)(H,53,54)(H,55,56)(H,57,58)(H,59,60)(H2,38,39,61)/t25-,26-/m0/s1. The monoisotopic (exact) mass is 908 g/mol. The summed E-state index contributed by atoms with van der Waals surface area (Å²) >= 11 is 0. The van der Waals surface area contributed by atoms with Crippen molar-refractivity contribution in [1.29, 1.82) is 0 Å². The summed E-state index contributed by atoms with van der Waals surface area (Å²) < 4.78 is 10.7. The van der Waals surface area contributed by atoms with E-state index in [0.29, 0.717) is 0 Å². The van der Waals surface area contributed by atoms with Crippen molar-refractivity contribution in [2.75, 3.05) is 125 Å². The number of carbonyl (C=O) groups is 10. The van der Waals surface area contributed by atoms with Gasteiger partial charge in [0.25, 0.3) is 0 Å². The van der Waals surface area contributed by atoms with E-state index in [1.54, 1.807) is 19.6 Å². The fraction of sp³-hybridized carbons (Fsp3) is 0.722. The molecule has 2 atom stereocenters. The number of carboxylic acids is 7. The summed E-state index contributed by atoms with van der Waals surface area (Å²) in [6.45, 7) is -0.281. The molecule has 0 unspecified atom stereocenters. The number of hydrogen-bond acceptors (Lipinski definition) is 16. The molecule has 4 amide bonds. The minimum Gasteiger partial charge on any atom is -0.481 e. The zero-order valence-corrected chi connectivity index (χ0v) is 34.9. The van der Waals surface area contributed by atoms with Crippen molar-refractivity contribution in [2.24, 2.45) is 0 Å². The molecule has 1 aliphatic rings. The summed E-state index contributed by atoms with van der Waals surface area (Å²) in [5.41, 5.74) is 0. The molecule has 0 radical (unpaired) electrons. The fourth-order valence-corrected chi connectivity index (χ4v) is 6.02. The molecule has 1 aliphatic heterocycles. The van der Waals surface area contributed by atoms with Crippen LogP contribution in [0.15, 0.2) is 0 Å². The highest BCUT2D eigenvalue weighted by atomic mass is 16.5. The quantitative estimate of drug-likeness (QED) is 0.0305. The molecule has 10 N–H and O–H groups in total. The van der Waals surface area contributed by atoms with Crippen molar-refractivity contribution in [3.05, 3.63) is 0 Å². The molecule has 0 aromatic carbocycles. The third kappa shape index (κ3) is 27.7. The van der Waals surface area contributed by atoms with Gasteiger partial charge in [-0.05, 0) is 25.7 Å². The molecule has 0 bridgehead atoms. The number of amides is 4. The van der Waals surface area contributed by atoms with Gasteiger partial charge in [0.1, 0.15) is 25.2 Å². The Bertz CT molecular complexity index is 1510. The second-order valence-corrected chi connectivity index (χ2v) is 14.3. The maximum absolute atomic E-state index is 12.8. The zero-order valence-electron chi connectivity index (χ0n) is 34.9. The molecule has 27 nitrogen and oxygen atoms in total. The normalized spacial score (nSPS) is 15.7. The summed E-state index contributed by atoms with van der Waals surface area (Å²) in [5.74, 6) is -9.86. The number of aliphatic carboxylic acids is 7. The molecule has 1 fully saturated rings. The lowest BCUT2D eigenvalue weighted by atomic mass is 10.1. The number of carboxylic acid groups (broad SMARTS) is 7. The molecule has 0 aromatic rings. The van der Waals surface area contributed by atoms with Crippen molar-refractivity contribution in [2.45, 2.75) is 44.2 Å². The third-order valence-electron chi connectivity index (χ3n) is 9.24. The Morgan fingerprint density at radius 2 is 0.968 bits per heavy atom. The number of unbranched alkanes of at least 4 members (excludes halogenated alkanes) is 1. The van der Waals surface area contributed by atoms with Crippen molar-refractivity contribution in [3.8, 4) is 0 Å². The fourth-order valence-electron chi connectivity index (χ4n) is 6.02. The lowest BCUT2D eigenvalue weighted by Gasteiger charge is -2.32. The van der Waals surface area contributed by atoms with Crippen LogP contribution < -0.4 is 16.0 Å². The summed E-state index contributed by atoms with van der Waals surface area (Å²) in [6, 6.07) is -4.21. The highest BCUT2D eigenvalue weighted by Crippen LogP contribution is 2.06. The first-order valence-electron chi connectivity index (χ1n) is 20.0. The van der Waals surface area contributed by atoms with Crippen LogP contribution in [0.2, 0.25) is 0 Å². The molecule has 63 heavy (non-hydrogen) atoms. The van der Waals surface area contributed by atoms with E-state index in [9.17, 15) is 78.6 Å². The zero-order chi connectivity index (χ0) is 47.3. The van der Waals surface area contributed by atoms with E-state index in [2.05, 4.69) is 10.6 Å². The highest BCUT2D eigenvalue weighted by Gasteiger charge is 2.26. The lowest BCUT2D eigenvalue weighted by molar-refractivity contribution is -0.146. The molecule has 1 heterocycles. The second kappa shape index (κ2) is 31.2. The minimum atomic E-state index is -1.58. The molecule has 0 spiro atoms. The molecule has 1 rings (SSSR count). The van der Waals surface area contributed by atoms with E-state index in [0.717, 1.165) is 4.90 Å². The first-order valence-corrected chi connectivity index (χ1v) is 20.0. The SMILES string of the molecule is O=C(O)CC[C@H](NC(=O)N[C@@H](CCCCN(CC(=O)O)C(=O)COCCOCCNC(=O)CN1CCN(CC(=O)O)CCN(CC(=O)O)CCN(CC(=O)O)CC1)C(=O)O)C(=O)O. The van der Waals surface area contributed by atoms with Gasteiger partial charge in [-0.3, -0.25) is 53.2 Å². The number of ether oxygens (including phenoxy) is 2. The molecular weight excluding hydrogens is 848 g/mol. The van der Waals surface area contributed by atoms with E-state index in [1.807, 2.05) is 5.32 Å². The average Bonchev–Trinajstić information content (AvgIpc) is 3.17. The van der Waals surface area contributed by atoms with Gasteiger partial charge in [0.2, 0.25) is 11.8 Å². The number of urea groups is 1. The van der Waals surface area contributed by atoms with Gasteiger partial charge >= 0.3 is 47.8 Å². The maximum Gasteiger partial charge on any atom is 0.326 e. The summed E-state index contributed by atoms with van der Waals surface area (Å²) in [5, 5.41) is 71.6. The van der Waals surface area contributed by atoms with Crippen LogP contribution in [0.25, 0.3) is 0 Å². The topological polar surface area (TPSA) is 383 Å². The number of hydrogen-bond donors (Lipinski definition) is 10.